The SMILES string of the molecule is C=C(C(=O)OC(=O)c1ccc([N+](=O)[O-])c(CBr)c1)C(C)(C)C. The number of rotatable bonds is 4. The van der Waals surface area contributed by atoms with E-state index in [1.165, 1.54) is 18.2 Å². The monoisotopic (exact) mass is 369 g/mol. The first-order chi connectivity index (χ1) is 10.1. The lowest BCUT2D eigenvalue weighted by atomic mass is 9.88. The Morgan fingerprint density at radius 3 is 2.41 bits per heavy atom. The summed E-state index contributed by atoms with van der Waals surface area (Å²) in [4.78, 5) is 34.1. The number of nitro benzene ring substituents is 1. The zero-order chi connectivity index (χ0) is 17.1. The van der Waals surface area contributed by atoms with Crippen LogP contribution in [0, 0.1) is 15.5 Å². The summed E-state index contributed by atoms with van der Waals surface area (Å²) in [5, 5.41) is 11.0. The molecular formula is C15H16BrNO5. The van der Waals surface area contributed by atoms with Crippen LogP contribution in [0.15, 0.2) is 30.4 Å². The number of ether oxygens (including phenoxy) is 1. The molecule has 0 saturated heterocycles. The maximum absolute atomic E-state index is 12.0. The van der Waals surface area contributed by atoms with Gasteiger partial charge in [-0.2, -0.15) is 0 Å². The molecule has 0 aromatic heterocycles. The van der Waals surface area contributed by atoms with Gasteiger partial charge in [0.1, 0.15) is 0 Å². The van der Waals surface area contributed by atoms with Gasteiger partial charge in [-0.3, -0.25) is 10.1 Å². The first-order valence-corrected chi connectivity index (χ1v) is 7.49. The van der Waals surface area contributed by atoms with Crippen LogP contribution in [0.2, 0.25) is 0 Å². The number of nitro groups is 1. The molecule has 0 saturated carbocycles. The number of halogens is 1. The summed E-state index contributed by atoms with van der Waals surface area (Å²) in [6, 6.07) is 3.78. The van der Waals surface area contributed by atoms with E-state index in [4.69, 9.17) is 4.74 Å². The van der Waals surface area contributed by atoms with E-state index in [9.17, 15) is 19.7 Å². The van der Waals surface area contributed by atoms with E-state index in [1.807, 2.05) is 0 Å². The van der Waals surface area contributed by atoms with Crippen molar-refractivity contribution < 1.29 is 19.2 Å². The van der Waals surface area contributed by atoms with Gasteiger partial charge >= 0.3 is 11.9 Å². The minimum atomic E-state index is -0.868. The van der Waals surface area contributed by atoms with Gasteiger partial charge in [-0.25, -0.2) is 9.59 Å². The fourth-order valence-electron chi connectivity index (χ4n) is 1.51. The van der Waals surface area contributed by atoms with E-state index >= 15 is 0 Å². The number of carbonyl (C=O) groups excluding carboxylic acids is 2. The highest BCUT2D eigenvalue weighted by atomic mass is 79.9. The van der Waals surface area contributed by atoms with Crippen molar-refractivity contribution >= 4 is 33.6 Å². The number of benzene rings is 1. The number of nitrogens with zero attached hydrogens (tertiary/aromatic N) is 1. The van der Waals surface area contributed by atoms with Crippen molar-refractivity contribution in [1.82, 2.24) is 0 Å². The Hall–Kier alpha value is -2.02. The van der Waals surface area contributed by atoms with Gasteiger partial charge in [0.2, 0.25) is 0 Å². The fourth-order valence-corrected chi connectivity index (χ4v) is 1.96. The minimum Gasteiger partial charge on any atom is -0.386 e. The van der Waals surface area contributed by atoms with Gasteiger partial charge in [0, 0.05) is 22.5 Å². The van der Waals surface area contributed by atoms with Gasteiger partial charge in [-0.05, 0) is 17.5 Å². The molecule has 0 aliphatic carbocycles. The van der Waals surface area contributed by atoms with E-state index in [2.05, 4.69) is 22.5 Å². The molecule has 0 unspecified atom stereocenters. The lowest BCUT2D eigenvalue weighted by Gasteiger charge is -2.19. The molecule has 1 aromatic rings. The lowest BCUT2D eigenvalue weighted by molar-refractivity contribution is -0.385. The molecule has 7 heteroatoms. The van der Waals surface area contributed by atoms with Gasteiger partial charge in [0.15, 0.2) is 0 Å². The van der Waals surface area contributed by atoms with Crippen LogP contribution in [-0.2, 0) is 14.9 Å². The highest BCUT2D eigenvalue weighted by molar-refractivity contribution is 9.08. The number of hydrogen-bond acceptors (Lipinski definition) is 5. The zero-order valence-electron chi connectivity index (χ0n) is 12.5. The average Bonchev–Trinajstić information content (AvgIpc) is 2.44. The Morgan fingerprint density at radius 2 is 1.95 bits per heavy atom. The molecule has 22 heavy (non-hydrogen) atoms. The van der Waals surface area contributed by atoms with Gasteiger partial charge in [-0.1, -0.05) is 43.3 Å². The van der Waals surface area contributed by atoms with Crippen LogP contribution in [0.4, 0.5) is 5.69 Å². The van der Waals surface area contributed by atoms with Gasteiger partial charge in [0.05, 0.1) is 10.5 Å². The maximum Gasteiger partial charge on any atom is 0.346 e. The second-order valence-corrected chi connectivity index (χ2v) is 6.20. The molecule has 0 bridgehead atoms. The van der Waals surface area contributed by atoms with E-state index in [-0.39, 0.29) is 22.2 Å². The lowest BCUT2D eigenvalue weighted by Crippen LogP contribution is -2.22. The first kappa shape index (κ1) is 18.0. The summed E-state index contributed by atoms with van der Waals surface area (Å²) < 4.78 is 4.76. The normalized spacial score (nSPS) is 10.9. The quantitative estimate of drug-likeness (QED) is 0.201. The molecule has 0 fully saturated rings. The third-order valence-corrected chi connectivity index (χ3v) is 3.60. The average molecular weight is 370 g/mol. The Balaban J connectivity index is 2.98. The molecule has 0 aliphatic heterocycles. The number of hydrogen-bond donors (Lipinski definition) is 0. The second kappa shape index (κ2) is 6.83. The molecule has 0 aliphatic rings. The summed E-state index contributed by atoms with van der Waals surface area (Å²) in [6.45, 7) is 8.94. The van der Waals surface area contributed by atoms with Crippen LogP contribution >= 0.6 is 15.9 Å². The Bertz CT molecular complexity index is 646. The number of carbonyl (C=O) groups is 2. The molecule has 1 aromatic carbocycles. The standard InChI is InChI=1S/C15H16BrNO5/c1-9(15(2,3)4)13(18)22-14(19)10-5-6-12(17(20)21)11(7-10)8-16/h5-7H,1,8H2,2-4H3. The Kier molecular flexibility index (Phi) is 5.59. The molecule has 0 radical (unpaired) electrons. The van der Waals surface area contributed by atoms with E-state index in [1.54, 1.807) is 20.8 Å². The van der Waals surface area contributed by atoms with Crippen molar-refractivity contribution in [3.8, 4) is 0 Å². The predicted octanol–water partition coefficient (Wildman–Crippen LogP) is 3.78. The van der Waals surface area contributed by atoms with Crippen molar-refractivity contribution in [1.29, 1.82) is 0 Å². The van der Waals surface area contributed by atoms with Gasteiger partial charge in [0.25, 0.3) is 5.69 Å². The van der Waals surface area contributed by atoms with Crippen molar-refractivity contribution in [2.75, 3.05) is 0 Å². The molecule has 0 spiro atoms. The summed E-state index contributed by atoms with van der Waals surface area (Å²) >= 11 is 3.12. The molecule has 0 amide bonds. The first-order valence-electron chi connectivity index (χ1n) is 6.37. The van der Waals surface area contributed by atoms with Crippen molar-refractivity contribution in [2.45, 2.75) is 26.1 Å². The van der Waals surface area contributed by atoms with Crippen LogP contribution in [-0.4, -0.2) is 16.9 Å². The van der Waals surface area contributed by atoms with Crippen LogP contribution in [0.5, 0.6) is 0 Å². The van der Waals surface area contributed by atoms with Crippen LogP contribution in [0.1, 0.15) is 36.7 Å². The largest absolute Gasteiger partial charge is 0.386 e. The van der Waals surface area contributed by atoms with Crippen LogP contribution < -0.4 is 0 Å². The highest BCUT2D eigenvalue weighted by Gasteiger charge is 2.26. The van der Waals surface area contributed by atoms with Gasteiger partial charge in [-0.15, -0.1) is 0 Å². The summed E-state index contributed by atoms with van der Waals surface area (Å²) in [5.74, 6) is -1.68. The van der Waals surface area contributed by atoms with E-state index in [0.717, 1.165) is 0 Å². The summed E-state index contributed by atoms with van der Waals surface area (Å²) in [7, 11) is 0. The minimum absolute atomic E-state index is 0.0649. The van der Waals surface area contributed by atoms with Gasteiger partial charge < -0.3 is 4.74 Å². The topological polar surface area (TPSA) is 86.5 Å². The predicted molar refractivity (Wildman–Crippen MR) is 84.7 cm³/mol. The number of esters is 2. The third-order valence-electron chi connectivity index (χ3n) is 2.99. The van der Waals surface area contributed by atoms with Crippen molar-refractivity contribution in [3.63, 3.8) is 0 Å². The second-order valence-electron chi connectivity index (χ2n) is 5.64. The Morgan fingerprint density at radius 1 is 1.36 bits per heavy atom. The third kappa shape index (κ3) is 4.24. The van der Waals surface area contributed by atoms with Crippen molar-refractivity contribution in [2.24, 2.45) is 5.41 Å². The molecule has 0 heterocycles. The summed E-state index contributed by atoms with van der Waals surface area (Å²) in [6.07, 6.45) is 0. The summed E-state index contributed by atoms with van der Waals surface area (Å²) in [5.41, 5.74) is -0.0765. The van der Waals surface area contributed by atoms with E-state index in [0.29, 0.717) is 5.56 Å². The maximum atomic E-state index is 12.0. The molecule has 0 N–H and O–H groups in total. The van der Waals surface area contributed by atoms with Crippen molar-refractivity contribution in [3.05, 3.63) is 51.6 Å². The molecule has 0 atom stereocenters. The molecule has 1 rings (SSSR count). The fraction of sp³-hybridized carbons (Fsp3) is 0.333. The highest BCUT2D eigenvalue weighted by Crippen LogP contribution is 2.26. The Labute approximate surface area is 136 Å². The molecular weight excluding hydrogens is 354 g/mol. The molecule has 6 nitrogen and oxygen atoms in total. The van der Waals surface area contributed by atoms with E-state index < -0.39 is 22.3 Å². The molecule has 118 valence electrons. The van der Waals surface area contributed by atoms with Crippen LogP contribution in [0.25, 0.3) is 0 Å². The van der Waals surface area contributed by atoms with Crippen LogP contribution in [0.3, 0.4) is 0 Å². The zero-order valence-corrected chi connectivity index (χ0v) is 14.1. The number of alkyl halides is 1. The smallest absolute Gasteiger partial charge is 0.346 e.